The van der Waals surface area contributed by atoms with Crippen LogP contribution in [-0.4, -0.2) is 21.5 Å². The van der Waals surface area contributed by atoms with E-state index in [1.807, 2.05) is 0 Å². The Hall–Kier alpha value is -1.43. The van der Waals surface area contributed by atoms with Crippen molar-refractivity contribution in [3.63, 3.8) is 0 Å². The average Bonchev–Trinajstić information content (AvgIpc) is 2.24. The summed E-state index contributed by atoms with van der Waals surface area (Å²) in [5.74, 6) is -0.0684. The van der Waals surface area contributed by atoms with Crippen LogP contribution in [-0.2, 0) is 0 Å². The van der Waals surface area contributed by atoms with Gasteiger partial charge in [0.2, 0.25) is 5.15 Å². The molecule has 1 heterocycles. The Kier molecular flexibility index (Phi) is 4.91. The van der Waals surface area contributed by atoms with E-state index in [0.29, 0.717) is 6.61 Å². The fourth-order valence-corrected chi connectivity index (χ4v) is 1.32. The molecule has 0 aromatic carbocycles. The van der Waals surface area contributed by atoms with E-state index in [2.05, 4.69) is 16.9 Å². The minimum Gasteiger partial charge on any atom is -0.473 e. The topological polar surface area (TPSA) is 78.2 Å². The van der Waals surface area contributed by atoms with Gasteiger partial charge in [-0.2, -0.15) is 4.98 Å². The molecule has 88 valence electrons. The molecule has 0 unspecified atom stereocenters. The van der Waals surface area contributed by atoms with Crippen LogP contribution in [0.25, 0.3) is 0 Å². The largest absolute Gasteiger partial charge is 0.473 e. The van der Waals surface area contributed by atoms with Crippen LogP contribution in [0.2, 0.25) is 5.15 Å². The predicted molar refractivity (Wildman–Crippen MR) is 58.7 cm³/mol. The highest BCUT2D eigenvalue weighted by Crippen LogP contribution is 2.30. The zero-order chi connectivity index (χ0) is 12.0. The van der Waals surface area contributed by atoms with Crippen molar-refractivity contribution in [3.05, 3.63) is 21.6 Å². The van der Waals surface area contributed by atoms with Gasteiger partial charge in [-0.05, 0) is 6.42 Å². The number of ether oxygens (including phenoxy) is 1. The van der Waals surface area contributed by atoms with Crippen molar-refractivity contribution in [3.8, 4) is 5.88 Å². The maximum absolute atomic E-state index is 10.7. The van der Waals surface area contributed by atoms with Crippen LogP contribution in [0.3, 0.4) is 0 Å². The highest BCUT2D eigenvalue weighted by atomic mass is 35.5. The maximum Gasteiger partial charge on any atom is 0.367 e. The van der Waals surface area contributed by atoms with Gasteiger partial charge >= 0.3 is 5.69 Å². The van der Waals surface area contributed by atoms with E-state index in [9.17, 15) is 10.1 Å². The second-order valence-corrected chi connectivity index (χ2v) is 3.49. The van der Waals surface area contributed by atoms with Crippen LogP contribution in [0.1, 0.15) is 26.2 Å². The summed E-state index contributed by atoms with van der Waals surface area (Å²) < 4.78 is 5.20. The Morgan fingerprint density at radius 3 is 2.88 bits per heavy atom. The third-order valence-corrected chi connectivity index (χ3v) is 2.19. The summed E-state index contributed by atoms with van der Waals surface area (Å²) in [6.45, 7) is 2.45. The lowest BCUT2D eigenvalue weighted by Crippen LogP contribution is -2.03. The van der Waals surface area contributed by atoms with Crippen molar-refractivity contribution in [2.75, 3.05) is 6.61 Å². The zero-order valence-corrected chi connectivity index (χ0v) is 9.61. The van der Waals surface area contributed by atoms with Crippen LogP contribution >= 0.6 is 11.6 Å². The number of nitro groups is 1. The molecule has 16 heavy (non-hydrogen) atoms. The summed E-state index contributed by atoms with van der Waals surface area (Å²) in [5, 5.41) is 10.5. The van der Waals surface area contributed by atoms with E-state index in [1.165, 1.54) is 0 Å². The number of hydrogen-bond acceptors (Lipinski definition) is 5. The molecule has 0 amide bonds. The minimum absolute atomic E-state index is 0.0684. The summed E-state index contributed by atoms with van der Waals surface area (Å²) in [6, 6.07) is 0. The van der Waals surface area contributed by atoms with E-state index in [4.69, 9.17) is 16.3 Å². The third kappa shape index (κ3) is 3.30. The molecule has 7 heteroatoms. The van der Waals surface area contributed by atoms with Crippen LogP contribution in [0.4, 0.5) is 5.69 Å². The molecule has 0 fully saturated rings. The van der Waals surface area contributed by atoms with Gasteiger partial charge in [0, 0.05) is 0 Å². The van der Waals surface area contributed by atoms with Crippen LogP contribution in [0.15, 0.2) is 6.33 Å². The molecule has 1 aromatic rings. The Bertz CT molecular complexity index is 373. The first kappa shape index (κ1) is 12.6. The van der Waals surface area contributed by atoms with Crippen molar-refractivity contribution < 1.29 is 9.66 Å². The van der Waals surface area contributed by atoms with E-state index in [1.54, 1.807) is 0 Å². The van der Waals surface area contributed by atoms with Gasteiger partial charge in [-0.1, -0.05) is 31.4 Å². The summed E-state index contributed by atoms with van der Waals surface area (Å²) >= 11 is 5.59. The molecule has 0 aliphatic rings. The minimum atomic E-state index is -0.641. The van der Waals surface area contributed by atoms with Gasteiger partial charge in [-0.25, -0.2) is 4.98 Å². The second-order valence-electron chi connectivity index (χ2n) is 3.13. The maximum atomic E-state index is 10.7. The van der Waals surface area contributed by atoms with Gasteiger partial charge in [0.05, 0.1) is 11.5 Å². The summed E-state index contributed by atoms with van der Waals surface area (Å²) in [6.07, 6.45) is 4.03. The Morgan fingerprint density at radius 2 is 2.25 bits per heavy atom. The molecule has 0 radical (unpaired) electrons. The second kappa shape index (κ2) is 6.22. The Labute approximate surface area is 97.8 Å². The zero-order valence-electron chi connectivity index (χ0n) is 8.85. The van der Waals surface area contributed by atoms with E-state index < -0.39 is 4.92 Å². The van der Waals surface area contributed by atoms with E-state index in [-0.39, 0.29) is 16.7 Å². The van der Waals surface area contributed by atoms with Crippen molar-refractivity contribution in [2.45, 2.75) is 26.2 Å². The van der Waals surface area contributed by atoms with Crippen LogP contribution in [0.5, 0.6) is 5.88 Å². The van der Waals surface area contributed by atoms with E-state index in [0.717, 1.165) is 25.6 Å². The smallest absolute Gasteiger partial charge is 0.367 e. The van der Waals surface area contributed by atoms with Crippen LogP contribution < -0.4 is 4.74 Å². The first-order valence-corrected chi connectivity index (χ1v) is 5.32. The number of unbranched alkanes of at least 4 members (excludes halogenated alkanes) is 2. The van der Waals surface area contributed by atoms with Gasteiger partial charge in [0.25, 0.3) is 5.88 Å². The van der Waals surface area contributed by atoms with Gasteiger partial charge in [0.15, 0.2) is 0 Å². The third-order valence-electron chi connectivity index (χ3n) is 1.91. The molecule has 0 saturated heterocycles. The molecule has 0 atom stereocenters. The first-order valence-electron chi connectivity index (χ1n) is 4.94. The van der Waals surface area contributed by atoms with Crippen molar-refractivity contribution in [1.82, 2.24) is 9.97 Å². The Balaban J connectivity index is 2.71. The fourth-order valence-electron chi connectivity index (χ4n) is 1.12. The lowest BCUT2D eigenvalue weighted by atomic mass is 10.3. The van der Waals surface area contributed by atoms with Gasteiger partial charge in [-0.15, -0.1) is 0 Å². The van der Waals surface area contributed by atoms with Crippen LogP contribution in [0, 0.1) is 10.1 Å². The number of halogens is 1. The number of aromatic nitrogens is 2. The predicted octanol–water partition coefficient (Wildman–Crippen LogP) is 2.61. The molecule has 0 bridgehead atoms. The molecule has 0 spiro atoms. The first-order chi connectivity index (χ1) is 7.66. The van der Waals surface area contributed by atoms with Gasteiger partial charge in [0.1, 0.15) is 6.33 Å². The lowest BCUT2D eigenvalue weighted by Gasteiger charge is -2.04. The highest BCUT2D eigenvalue weighted by molar-refractivity contribution is 6.31. The molecule has 1 rings (SSSR count). The Morgan fingerprint density at radius 1 is 1.50 bits per heavy atom. The standard InChI is InChI=1S/C9H12ClN3O3/c1-2-3-4-5-16-9-7(13(14)15)8(10)11-6-12-9/h6H,2-5H2,1H3. The molecule has 6 nitrogen and oxygen atoms in total. The van der Waals surface area contributed by atoms with Gasteiger partial charge < -0.3 is 4.74 Å². The molecular weight excluding hydrogens is 234 g/mol. The fraction of sp³-hybridized carbons (Fsp3) is 0.556. The highest BCUT2D eigenvalue weighted by Gasteiger charge is 2.22. The number of nitrogens with zero attached hydrogens (tertiary/aromatic N) is 3. The number of rotatable bonds is 6. The molecule has 0 aliphatic carbocycles. The monoisotopic (exact) mass is 245 g/mol. The summed E-state index contributed by atoms with van der Waals surface area (Å²) in [4.78, 5) is 17.3. The molecule has 0 saturated carbocycles. The van der Waals surface area contributed by atoms with Crippen molar-refractivity contribution in [1.29, 1.82) is 0 Å². The molecular formula is C9H12ClN3O3. The van der Waals surface area contributed by atoms with Crippen molar-refractivity contribution in [2.24, 2.45) is 0 Å². The molecule has 0 N–H and O–H groups in total. The van der Waals surface area contributed by atoms with E-state index >= 15 is 0 Å². The lowest BCUT2D eigenvalue weighted by molar-refractivity contribution is -0.386. The summed E-state index contributed by atoms with van der Waals surface area (Å²) in [5.41, 5.74) is -0.374. The summed E-state index contributed by atoms with van der Waals surface area (Å²) in [7, 11) is 0. The normalized spacial score (nSPS) is 10.1. The quantitative estimate of drug-likeness (QED) is 0.333. The molecule has 1 aromatic heterocycles. The molecule has 0 aliphatic heterocycles. The average molecular weight is 246 g/mol. The van der Waals surface area contributed by atoms with Gasteiger partial charge in [-0.3, -0.25) is 10.1 Å². The van der Waals surface area contributed by atoms with Crippen molar-refractivity contribution >= 4 is 17.3 Å². The number of hydrogen-bond donors (Lipinski definition) is 0. The SMILES string of the molecule is CCCCCOc1ncnc(Cl)c1[N+](=O)[O-].